The first-order chi connectivity index (χ1) is 15.0. The summed E-state index contributed by atoms with van der Waals surface area (Å²) in [6.45, 7) is 11.9. The zero-order valence-electron chi connectivity index (χ0n) is 18.9. The summed E-state index contributed by atoms with van der Waals surface area (Å²) in [5, 5.41) is 4.87. The smallest absolute Gasteiger partial charge is 0.258 e. The van der Waals surface area contributed by atoms with Crippen molar-refractivity contribution in [1.29, 1.82) is 0 Å². The minimum Gasteiger partial charge on any atom is -0.332 e. The number of hydrogen-bond acceptors (Lipinski definition) is 2. The van der Waals surface area contributed by atoms with Crippen molar-refractivity contribution >= 4 is 5.91 Å². The summed E-state index contributed by atoms with van der Waals surface area (Å²) < 4.78 is 1.91. The molecular formula is C26H33N4O+. The molecule has 0 aliphatic carbocycles. The first kappa shape index (κ1) is 21.3. The fraction of sp³-hybridized carbons (Fsp3) is 0.385. The summed E-state index contributed by atoms with van der Waals surface area (Å²) in [4.78, 5) is 17.1. The molecule has 1 fully saturated rings. The Hall–Kier alpha value is -2.92. The van der Waals surface area contributed by atoms with E-state index in [1.54, 1.807) is 4.90 Å². The first-order valence-electron chi connectivity index (χ1n) is 11.4. The molecule has 1 saturated heterocycles. The topological polar surface area (TPSA) is 42.6 Å². The molecule has 0 bridgehead atoms. The highest BCUT2D eigenvalue weighted by molar-refractivity contribution is 6.00. The van der Waals surface area contributed by atoms with Crippen molar-refractivity contribution in [3.05, 3.63) is 77.0 Å². The second-order valence-corrected chi connectivity index (χ2v) is 8.67. The normalized spacial score (nSPS) is 14.7. The number of benzene rings is 2. The lowest BCUT2D eigenvalue weighted by atomic mass is 10.0. The SMILES string of the molecule is CCC[NH+]1CCN(C(=O)c2cn(Cc3ccccc3)nc2-c2ccc(C)c(C)c2)CC1. The van der Waals surface area contributed by atoms with Crippen molar-refractivity contribution in [1.82, 2.24) is 14.7 Å². The predicted octanol–water partition coefficient (Wildman–Crippen LogP) is 2.97. The van der Waals surface area contributed by atoms with E-state index in [-0.39, 0.29) is 5.91 Å². The lowest BCUT2D eigenvalue weighted by Crippen LogP contribution is -3.14. The molecule has 0 spiro atoms. The van der Waals surface area contributed by atoms with Crippen LogP contribution in [0.15, 0.2) is 54.7 Å². The molecule has 0 unspecified atom stereocenters. The number of hydrogen-bond donors (Lipinski definition) is 1. The largest absolute Gasteiger partial charge is 0.332 e. The molecule has 2 aromatic carbocycles. The van der Waals surface area contributed by atoms with Crippen LogP contribution in [0.2, 0.25) is 0 Å². The third kappa shape index (κ3) is 4.88. The van der Waals surface area contributed by atoms with Gasteiger partial charge in [0.25, 0.3) is 5.91 Å². The second-order valence-electron chi connectivity index (χ2n) is 8.67. The molecule has 1 amide bonds. The molecule has 0 atom stereocenters. The highest BCUT2D eigenvalue weighted by Gasteiger charge is 2.27. The lowest BCUT2D eigenvalue weighted by molar-refractivity contribution is -0.904. The van der Waals surface area contributed by atoms with Crippen LogP contribution in [0.3, 0.4) is 0 Å². The van der Waals surface area contributed by atoms with Gasteiger partial charge in [-0.25, -0.2) is 0 Å². The number of piperazine rings is 1. The number of carbonyl (C=O) groups is 1. The van der Waals surface area contributed by atoms with Crippen LogP contribution in [-0.4, -0.2) is 53.3 Å². The summed E-state index contributed by atoms with van der Waals surface area (Å²) >= 11 is 0. The molecule has 162 valence electrons. The van der Waals surface area contributed by atoms with Gasteiger partial charge in [0.05, 0.1) is 44.8 Å². The molecule has 1 aromatic heterocycles. The van der Waals surface area contributed by atoms with E-state index in [1.807, 2.05) is 34.0 Å². The van der Waals surface area contributed by atoms with E-state index in [1.165, 1.54) is 29.7 Å². The van der Waals surface area contributed by atoms with Crippen molar-refractivity contribution in [3.8, 4) is 11.3 Å². The Bertz CT molecular complexity index is 1030. The fourth-order valence-corrected chi connectivity index (χ4v) is 4.33. The zero-order chi connectivity index (χ0) is 21.8. The number of aryl methyl sites for hydroxylation is 2. The van der Waals surface area contributed by atoms with Gasteiger partial charge in [0.1, 0.15) is 5.69 Å². The Morgan fingerprint density at radius 3 is 2.45 bits per heavy atom. The molecule has 4 rings (SSSR count). The van der Waals surface area contributed by atoms with E-state index >= 15 is 0 Å². The summed E-state index contributed by atoms with van der Waals surface area (Å²) in [7, 11) is 0. The Balaban J connectivity index is 1.64. The zero-order valence-corrected chi connectivity index (χ0v) is 18.9. The number of nitrogens with zero attached hydrogens (tertiary/aromatic N) is 3. The van der Waals surface area contributed by atoms with Crippen LogP contribution in [0.4, 0.5) is 0 Å². The van der Waals surface area contributed by atoms with Gasteiger partial charge in [0.15, 0.2) is 0 Å². The fourth-order valence-electron chi connectivity index (χ4n) is 4.33. The van der Waals surface area contributed by atoms with E-state index in [4.69, 9.17) is 5.10 Å². The molecule has 1 N–H and O–H groups in total. The van der Waals surface area contributed by atoms with Crippen molar-refractivity contribution in [3.63, 3.8) is 0 Å². The summed E-state index contributed by atoms with van der Waals surface area (Å²) in [5.41, 5.74) is 6.13. The third-order valence-corrected chi connectivity index (χ3v) is 6.32. The molecule has 31 heavy (non-hydrogen) atoms. The van der Waals surface area contributed by atoms with Gasteiger partial charge in [-0.15, -0.1) is 0 Å². The van der Waals surface area contributed by atoms with E-state index in [0.717, 1.165) is 37.4 Å². The van der Waals surface area contributed by atoms with Gasteiger partial charge in [-0.2, -0.15) is 5.10 Å². The quantitative estimate of drug-likeness (QED) is 0.670. The van der Waals surface area contributed by atoms with Gasteiger partial charge in [-0.3, -0.25) is 9.48 Å². The predicted molar refractivity (Wildman–Crippen MR) is 124 cm³/mol. The van der Waals surface area contributed by atoms with Crippen LogP contribution in [-0.2, 0) is 6.54 Å². The van der Waals surface area contributed by atoms with Crippen LogP contribution in [0.5, 0.6) is 0 Å². The van der Waals surface area contributed by atoms with Gasteiger partial charge < -0.3 is 9.80 Å². The number of rotatable bonds is 6. The molecule has 1 aliphatic rings. The van der Waals surface area contributed by atoms with Crippen LogP contribution in [0, 0.1) is 13.8 Å². The maximum absolute atomic E-state index is 13.5. The maximum atomic E-state index is 13.5. The van der Waals surface area contributed by atoms with E-state index in [9.17, 15) is 4.79 Å². The molecule has 5 heteroatoms. The Kier molecular flexibility index (Phi) is 6.52. The van der Waals surface area contributed by atoms with Crippen molar-refractivity contribution in [2.24, 2.45) is 0 Å². The number of nitrogens with one attached hydrogen (secondary N) is 1. The van der Waals surface area contributed by atoms with Crippen molar-refractivity contribution in [2.75, 3.05) is 32.7 Å². The van der Waals surface area contributed by atoms with E-state index in [0.29, 0.717) is 12.1 Å². The molecule has 1 aliphatic heterocycles. The van der Waals surface area contributed by atoms with Gasteiger partial charge in [-0.1, -0.05) is 49.4 Å². The Morgan fingerprint density at radius 2 is 1.77 bits per heavy atom. The number of aromatic nitrogens is 2. The van der Waals surface area contributed by atoms with E-state index in [2.05, 4.69) is 51.1 Å². The van der Waals surface area contributed by atoms with Crippen LogP contribution in [0.1, 0.15) is 40.4 Å². The summed E-state index contributed by atoms with van der Waals surface area (Å²) in [6.07, 6.45) is 3.12. The third-order valence-electron chi connectivity index (χ3n) is 6.32. The summed E-state index contributed by atoms with van der Waals surface area (Å²) in [5.74, 6) is 0.100. The number of carbonyl (C=O) groups excluding carboxylic acids is 1. The van der Waals surface area contributed by atoms with Crippen molar-refractivity contribution < 1.29 is 9.69 Å². The van der Waals surface area contributed by atoms with Gasteiger partial charge >= 0.3 is 0 Å². The van der Waals surface area contributed by atoms with Gasteiger partial charge in [-0.05, 0) is 43.0 Å². The average Bonchev–Trinajstić information content (AvgIpc) is 3.20. The van der Waals surface area contributed by atoms with Gasteiger partial charge in [0, 0.05) is 11.8 Å². The molecule has 2 heterocycles. The van der Waals surface area contributed by atoms with Crippen molar-refractivity contribution in [2.45, 2.75) is 33.7 Å². The lowest BCUT2D eigenvalue weighted by Gasteiger charge is -2.32. The second kappa shape index (κ2) is 9.48. The standard InChI is InChI=1S/C26H32N4O/c1-4-12-28-13-15-29(16-14-28)26(31)24-19-30(18-22-8-6-5-7-9-22)27-25(24)23-11-10-20(2)21(3)17-23/h5-11,17,19H,4,12-16,18H2,1-3H3/p+1. The molecule has 5 nitrogen and oxygen atoms in total. The molecule has 0 radical (unpaired) electrons. The highest BCUT2D eigenvalue weighted by atomic mass is 16.2. The molecular weight excluding hydrogens is 384 g/mol. The Labute approximate surface area is 185 Å². The first-order valence-corrected chi connectivity index (χ1v) is 11.4. The summed E-state index contributed by atoms with van der Waals surface area (Å²) in [6, 6.07) is 16.6. The highest BCUT2D eigenvalue weighted by Crippen LogP contribution is 2.26. The molecule has 0 saturated carbocycles. The molecule has 3 aromatic rings. The van der Waals surface area contributed by atoms with E-state index < -0.39 is 0 Å². The van der Waals surface area contributed by atoms with Crippen LogP contribution >= 0.6 is 0 Å². The van der Waals surface area contributed by atoms with Crippen LogP contribution < -0.4 is 4.90 Å². The number of amides is 1. The maximum Gasteiger partial charge on any atom is 0.258 e. The number of quaternary nitrogens is 1. The minimum absolute atomic E-state index is 0.100. The average molecular weight is 418 g/mol. The monoisotopic (exact) mass is 417 g/mol. The Morgan fingerprint density at radius 1 is 1.03 bits per heavy atom. The van der Waals surface area contributed by atoms with Crippen LogP contribution in [0.25, 0.3) is 11.3 Å². The minimum atomic E-state index is 0.100. The van der Waals surface area contributed by atoms with Gasteiger partial charge in [0.2, 0.25) is 0 Å².